The number of allylic oxidation sites excluding steroid dienone is 2. The molecule has 0 bridgehead atoms. The van der Waals surface area contributed by atoms with Crippen LogP contribution in [0.4, 0.5) is 21.7 Å². The van der Waals surface area contributed by atoms with Gasteiger partial charge in [0.05, 0.1) is 6.54 Å². The fraction of sp³-hybridized carbons (Fsp3) is 0.333. The molecule has 1 aliphatic rings. The van der Waals surface area contributed by atoms with Crippen molar-refractivity contribution in [2.45, 2.75) is 31.6 Å². The van der Waals surface area contributed by atoms with Crippen LogP contribution in [-0.2, 0) is 16.1 Å². The lowest BCUT2D eigenvalue weighted by Gasteiger charge is -2.09. The first-order valence-electron chi connectivity index (χ1n) is 9.03. The average molecular weight is 446 g/mol. The molecule has 13 heteroatoms. The monoisotopic (exact) mass is 446 g/mol. The van der Waals surface area contributed by atoms with E-state index in [1.165, 1.54) is 24.3 Å². The Bertz CT molecular complexity index is 864. The zero-order chi connectivity index (χ0) is 23.4. The van der Waals surface area contributed by atoms with E-state index in [1.807, 2.05) is 0 Å². The van der Waals surface area contributed by atoms with E-state index in [2.05, 4.69) is 15.6 Å². The second kappa shape index (κ2) is 12.3. The lowest BCUT2D eigenvalue weighted by Crippen LogP contribution is -2.36. The summed E-state index contributed by atoms with van der Waals surface area (Å²) in [4.78, 5) is 26.5. The van der Waals surface area contributed by atoms with Crippen molar-refractivity contribution in [2.75, 3.05) is 6.54 Å². The minimum Gasteiger partial charge on any atom is -0.508 e. The molecule has 7 nitrogen and oxygen atoms in total. The van der Waals surface area contributed by atoms with Gasteiger partial charge >= 0.3 is 13.3 Å². The van der Waals surface area contributed by atoms with E-state index < -0.39 is 19.5 Å². The van der Waals surface area contributed by atoms with E-state index >= 15 is 0 Å². The molecular formula is C18H20BF5N4O3. The first-order chi connectivity index (χ1) is 14.5. The third-order valence-corrected chi connectivity index (χ3v) is 3.83. The summed E-state index contributed by atoms with van der Waals surface area (Å²) in [5, 5.41) is 23.2. The van der Waals surface area contributed by atoms with Crippen LogP contribution >= 0.6 is 0 Å². The van der Waals surface area contributed by atoms with Crippen LogP contribution in [0.3, 0.4) is 0 Å². The molecule has 0 heterocycles. The molecule has 2 amide bonds. The normalized spacial score (nSPS) is 17.5. The van der Waals surface area contributed by atoms with Crippen molar-refractivity contribution in [3.05, 3.63) is 58.6 Å². The van der Waals surface area contributed by atoms with Gasteiger partial charge in [-0.1, -0.05) is 18.2 Å². The number of aromatic hydroxyl groups is 1. The van der Waals surface area contributed by atoms with Gasteiger partial charge in [-0.25, -0.2) is 4.39 Å². The fourth-order valence-corrected chi connectivity index (χ4v) is 2.41. The van der Waals surface area contributed by atoms with Crippen LogP contribution < -0.4 is 10.6 Å². The third-order valence-electron chi connectivity index (χ3n) is 3.83. The molecule has 168 valence electrons. The van der Waals surface area contributed by atoms with Crippen molar-refractivity contribution in [3.63, 3.8) is 0 Å². The molecule has 0 radical (unpaired) electrons. The van der Waals surface area contributed by atoms with E-state index in [-0.39, 0.29) is 37.1 Å². The van der Waals surface area contributed by atoms with Crippen LogP contribution in [0.25, 0.3) is 4.98 Å². The van der Waals surface area contributed by atoms with Gasteiger partial charge in [-0.2, -0.15) is 0 Å². The Kier molecular flexibility index (Phi) is 10.2. The number of diazo groups is 1. The van der Waals surface area contributed by atoms with E-state index in [0.29, 0.717) is 12.0 Å². The van der Waals surface area contributed by atoms with Crippen LogP contribution in [0.15, 0.2) is 48.1 Å². The number of carbonyl (C=O) groups is 2. The smallest absolute Gasteiger partial charge is 0.508 e. The molecule has 1 aromatic carbocycles. The molecular weight excluding hydrogens is 426 g/mol. The van der Waals surface area contributed by atoms with Crippen molar-refractivity contribution >= 4 is 19.1 Å². The molecule has 0 saturated heterocycles. The summed E-state index contributed by atoms with van der Waals surface area (Å²) in [6.07, 6.45) is 3.43. The van der Waals surface area contributed by atoms with E-state index in [9.17, 15) is 36.3 Å². The predicted molar refractivity (Wildman–Crippen MR) is 103 cm³/mol. The molecule has 3 N–H and O–H groups in total. The summed E-state index contributed by atoms with van der Waals surface area (Å²) in [5.41, 5.74) is 1.45. The molecule has 1 aliphatic carbocycles. The van der Waals surface area contributed by atoms with Gasteiger partial charge in [0.1, 0.15) is 10.7 Å². The number of phenolic OH excluding ortho intramolecular Hbond substituents is 1. The van der Waals surface area contributed by atoms with Crippen LogP contribution in [0.5, 0.6) is 5.75 Å². The number of phenols is 1. The number of carbonyl (C=O) groups excluding carboxylic acids is 2. The molecule has 31 heavy (non-hydrogen) atoms. The van der Waals surface area contributed by atoms with E-state index in [1.54, 1.807) is 18.2 Å². The number of halogens is 5. The van der Waals surface area contributed by atoms with Crippen molar-refractivity contribution in [2.24, 2.45) is 0 Å². The highest BCUT2D eigenvalue weighted by Crippen LogP contribution is 2.20. The Hall–Kier alpha value is -3.43. The number of rotatable bonds is 7. The summed E-state index contributed by atoms with van der Waals surface area (Å²) < 4.78 is 52.3. The first kappa shape index (κ1) is 25.6. The predicted octanol–water partition coefficient (Wildman–Crippen LogP) is 3.26. The number of amides is 2. The molecule has 2 rings (SSSR count). The number of alkyl halides is 1. The highest BCUT2D eigenvalue weighted by atomic mass is 19.5. The number of nitrogens with one attached hydrogen (secondary N) is 2. The standard InChI is InChI=1S/C18H19FN4O3.BF4/c19-15-6-4-12(9-16(15)23-20)5-7-17(25)22-11-18(26)21-10-13-2-1-3-14(24)8-13;2-1(3,4)5/h1-4,6,8-9,15-16H,5,7,10-11H2,(H2-,21,22,24,25,26);/q;-1/p+1. The Balaban J connectivity index is 0.000000861. The minimum atomic E-state index is -6.00. The maximum atomic E-state index is 13.3. The third kappa shape index (κ3) is 12.0. The maximum absolute atomic E-state index is 13.3. The highest BCUT2D eigenvalue weighted by Gasteiger charge is 2.30. The van der Waals surface area contributed by atoms with Gasteiger partial charge in [-0.3, -0.25) is 9.59 Å². The number of benzene rings is 1. The summed E-state index contributed by atoms with van der Waals surface area (Å²) in [6.45, 7) is 0.0882. The summed E-state index contributed by atoms with van der Waals surface area (Å²) in [6, 6.07) is 5.57. The van der Waals surface area contributed by atoms with Crippen molar-refractivity contribution in [3.8, 4) is 5.75 Å². The van der Waals surface area contributed by atoms with Crippen LogP contribution in [-0.4, -0.2) is 42.9 Å². The number of hydrogen-bond donors (Lipinski definition) is 3. The summed E-state index contributed by atoms with van der Waals surface area (Å²) in [5.74, 6) is -0.545. The van der Waals surface area contributed by atoms with Gasteiger partial charge in [-0.15, -0.1) is 0 Å². The van der Waals surface area contributed by atoms with Crippen molar-refractivity contribution in [1.29, 1.82) is 5.39 Å². The van der Waals surface area contributed by atoms with Gasteiger partial charge in [0.15, 0.2) is 0 Å². The SMILES string of the molecule is F[B-](F)(F)F.N#[N+]C1C=C(CCC(=O)NCC(=O)NCc2cccc(O)c2)C=CC1F. The lowest BCUT2D eigenvalue weighted by molar-refractivity contribution is -0.126. The molecule has 0 saturated carbocycles. The average Bonchev–Trinajstić information content (AvgIpc) is 2.69. The topological polar surface area (TPSA) is 107 Å². The zero-order valence-electron chi connectivity index (χ0n) is 16.1. The number of nitrogens with zero attached hydrogens (tertiary/aromatic N) is 2. The second-order valence-electron chi connectivity index (χ2n) is 6.37. The van der Waals surface area contributed by atoms with Gasteiger partial charge < -0.3 is 33.0 Å². The molecule has 0 spiro atoms. The van der Waals surface area contributed by atoms with E-state index in [0.717, 1.165) is 5.56 Å². The number of hydrogen-bond acceptors (Lipinski definition) is 4. The van der Waals surface area contributed by atoms with E-state index in [4.69, 9.17) is 5.39 Å². The molecule has 2 unspecified atom stereocenters. The Morgan fingerprint density at radius 2 is 1.84 bits per heavy atom. The molecule has 2 atom stereocenters. The van der Waals surface area contributed by atoms with Crippen LogP contribution in [0, 0.1) is 5.39 Å². The van der Waals surface area contributed by atoms with Gasteiger partial charge in [-0.05, 0) is 35.8 Å². The highest BCUT2D eigenvalue weighted by molar-refractivity contribution is 6.50. The Morgan fingerprint density at radius 1 is 1.16 bits per heavy atom. The van der Waals surface area contributed by atoms with Crippen molar-refractivity contribution in [1.82, 2.24) is 10.6 Å². The first-order valence-corrected chi connectivity index (χ1v) is 9.03. The maximum Gasteiger partial charge on any atom is 0.673 e. The molecule has 0 aliphatic heterocycles. The Morgan fingerprint density at radius 3 is 2.45 bits per heavy atom. The molecule has 1 aromatic rings. The zero-order valence-corrected chi connectivity index (χ0v) is 16.1. The quantitative estimate of drug-likeness (QED) is 0.340. The molecule has 0 fully saturated rings. The van der Waals surface area contributed by atoms with Gasteiger partial charge in [0, 0.05) is 19.0 Å². The van der Waals surface area contributed by atoms with Gasteiger partial charge in [0.2, 0.25) is 23.4 Å². The largest absolute Gasteiger partial charge is 0.673 e. The summed E-state index contributed by atoms with van der Waals surface area (Å²) >= 11 is 0. The van der Waals surface area contributed by atoms with Crippen LogP contribution in [0.1, 0.15) is 18.4 Å². The molecule has 0 aromatic heterocycles. The van der Waals surface area contributed by atoms with Gasteiger partial charge in [0.25, 0.3) is 0 Å². The lowest BCUT2D eigenvalue weighted by atomic mass is 9.98. The fourth-order valence-electron chi connectivity index (χ4n) is 2.41. The Labute approximate surface area is 174 Å². The van der Waals surface area contributed by atoms with Crippen LogP contribution in [0.2, 0.25) is 0 Å². The second-order valence-corrected chi connectivity index (χ2v) is 6.37. The van der Waals surface area contributed by atoms with Crippen molar-refractivity contribution < 1.29 is 36.3 Å². The summed E-state index contributed by atoms with van der Waals surface area (Å²) in [7, 11) is -6.00. The minimum absolute atomic E-state index is 0.117.